The summed E-state index contributed by atoms with van der Waals surface area (Å²) >= 11 is 0. The number of allylic oxidation sites excluding steroid dienone is 3. The molecule has 0 radical (unpaired) electrons. The van der Waals surface area contributed by atoms with Gasteiger partial charge >= 0.3 is 0 Å². The average Bonchev–Trinajstić information content (AvgIpc) is 3.55. The summed E-state index contributed by atoms with van der Waals surface area (Å²) in [7, 11) is 1.99. The fraction of sp³-hybridized carbons (Fsp3) is 0.348. The van der Waals surface area contributed by atoms with Crippen molar-refractivity contribution in [3.8, 4) is 0 Å². The van der Waals surface area contributed by atoms with Gasteiger partial charge in [0.2, 0.25) is 5.82 Å². The van der Waals surface area contributed by atoms with Gasteiger partial charge < -0.3 is 10.7 Å². The highest BCUT2D eigenvalue weighted by Crippen LogP contribution is 2.34. The molecule has 0 spiro atoms. The zero-order chi connectivity index (χ0) is 21.1. The minimum atomic E-state index is 0.450. The minimum Gasteiger partial charge on any atom is -0.322 e. The summed E-state index contributed by atoms with van der Waals surface area (Å²) in [6, 6.07) is 5.97. The Kier molecular flexibility index (Phi) is 5.92. The van der Waals surface area contributed by atoms with Crippen molar-refractivity contribution in [2.45, 2.75) is 33.1 Å². The summed E-state index contributed by atoms with van der Waals surface area (Å²) in [4.78, 5) is 9.38. The largest absolute Gasteiger partial charge is 0.322 e. The van der Waals surface area contributed by atoms with E-state index in [4.69, 9.17) is 10.4 Å². The van der Waals surface area contributed by atoms with Crippen molar-refractivity contribution in [2.24, 2.45) is 11.8 Å². The molecular formula is C23H31N7+2. The quantitative estimate of drug-likeness (QED) is 0.341. The first-order chi connectivity index (χ1) is 14.5. The molecule has 2 aliphatic rings. The van der Waals surface area contributed by atoms with Crippen LogP contribution < -0.4 is 21.5 Å². The van der Waals surface area contributed by atoms with E-state index in [1.165, 1.54) is 18.4 Å². The van der Waals surface area contributed by atoms with E-state index in [0.717, 1.165) is 40.2 Å². The fourth-order valence-electron chi connectivity index (χ4n) is 3.53. The fourth-order valence-corrected chi connectivity index (χ4v) is 3.53. The molecule has 0 amide bonds. The SMILES string of the molecule is C[NH2+]C=C(C(=N)CC1CC1)c1cnc2ccc(NC3=CC(C(C)C)=CN[NH2+]3)nc2c1. The average molecular weight is 406 g/mol. The lowest BCUT2D eigenvalue weighted by Crippen LogP contribution is -2.92. The van der Waals surface area contributed by atoms with Crippen LogP contribution in [-0.4, -0.2) is 22.7 Å². The predicted octanol–water partition coefficient (Wildman–Crippen LogP) is 1.86. The van der Waals surface area contributed by atoms with Crippen LogP contribution in [0.2, 0.25) is 0 Å². The molecule has 1 fully saturated rings. The highest BCUT2D eigenvalue weighted by Gasteiger charge is 2.25. The molecule has 0 bridgehead atoms. The summed E-state index contributed by atoms with van der Waals surface area (Å²) < 4.78 is 0. The van der Waals surface area contributed by atoms with E-state index in [0.29, 0.717) is 17.5 Å². The number of nitrogens with zero attached hydrogens (tertiary/aromatic N) is 2. The maximum absolute atomic E-state index is 8.56. The zero-order valence-electron chi connectivity index (χ0n) is 17.9. The maximum atomic E-state index is 8.56. The van der Waals surface area contributed by atoms with Crippen molar-refractivity contribution in [3.63, 3.8) is 0 Å². The summed E-state index contributed by atoms with van der Waals surface area (Å²) in [6.07, 6.45) is 11.4. The third-order valence-corrected chi connectivity index (χ3v) is 5.45. The zero-order valence-corrected chi connectivity index (χ0v) is 17.9. The first-order valence-electron chi connectivity index (χ1n) is 10.7. The van der Waals surface area contributed by atoms with E-state index in [-0.39, 0.29) is 0 Å². The van der Waals surface area contributed by atoms with Gasteiger partial charge in [0.25, 0.3) is 0 Å². The van der Waals surface area contributed by atoms with Crippen LogP contribution in [0.15, 0.2) is 54.3 Å². The summed E-state index contributed by atoms with van der Waals surface area (Å²) in [5, 5.41) is 13.9. The van der Waals surface area contributed by atoms with Crippen LogP contribution in [0.3, 0.4) is 0 Å². The number of fused-ring (bicyclic) bond motifs is 1. The summed E-state index contributed by atoms with van der Waals surface area (Å²) in [5.41, 5.74) is 10.6. The first-order valence-corrected chi connectivity index (χ1v) is 10.7. The lowest BCUT2D eigenvalue weighted by molar-refractivity contribution is -0.656. The molecule has 30 heavy (non-hydrogen) atoms. The normalized spacial score (nSPS) is 16.9. The Morgan fingerprint density at radius 2 is 2.20 bits per heavy atom. The molecule has 0 saturated heterocycles. The van der Waals surface area contributed by atoms with Crippen LogP contribution in [0.5, 0.6) is 0 Å². The Bertz CT molecular complexity index is 1040. The Morgan fingerprint density at radius 1 is 1.37 bits per heavy atom. The number of nitrogens with two attached hydrogens (primary N) is 2. The standard InChI is InChI=1S/C23H29N7/c1-14(2)16-10-23(30-27-12-16)29-22-7-6-20-21(28-22)9-17(11-26-20)18(13-25-3)19(24)8-15-4-5-15/h6-7,9-15,24-25,27,30H,4-5,8H2,1-3H3,(H,28,29)/p+2. The maximum Gasteiger partial charge on any atom is 0.228 e. The second kappa shape index (κ2) is 8.77. The van der Waals surface area contributed by atoms with Gasteiger partial charge in [0.15, 0.2) is 0 Å². The number of aromatic nitrogens is 2. The lowest BCUT2D eigenvalue weighted by Gasteiger charge is -2.16. The molecule has 7 heteroatoms. The predicted molar refractivity (Wildman–Crippen MR) is 120 cm³/mol. The van der Waals surface area contributed by atoms with Gasteiger partial charge in [-0.15, -0.1) is 0 Å². The van der Waals surface area contributed by atoms with Crippen molar-refractivity contribution in [1.29, 1.82) is 5.41 Å². The van der Waals surface area contributed by atoms with E-state index >= 15 is 0 Å². The van der Waals surface area contributed by atoms with E-state index in [9.17, 15) is 0 Å². The molecule has 0 aromatic carbocycles. The van der Waals surface area contributed by atoms with Crippen LogP contribution >= 0.6 is 0 Å². The van der Waals surface area contributed by atoms with Crippen molar-refractivity contribution in [1.82, 2.24) is 15.4 Å². The second-order valence-electron chi connectivity index (χ2n) is 8.33. The number of anilines is 1. The smallest absolute Gasteiger partial charge is 0.228 e. The molecule has 0 atom stereocenters. The van der Waals surface area contributed by atoms with Crippen LogP contribution in [-0.2, 0) is 0 Å². The number of hydrogen-bond donors (Lipinski definition) is 5. The molecule has 4 rings (SSSR count). The van der Waals surface area contributed by atoms with Crippen LogP contribution in [0.1, 0.15) is 38.7 Å². The van der Waals surface area contributed by atoms with Crippen LogP contribution in [0.4, 0.5) is 5.82 Å². The Balaban J connectivity index is 1.60. The topological polar surface area (TPSA) is 107 Å². The van der Waals surface area contributed by atoms with E-state index < -0.39 is 0 Å². The van der Waals surface area contributed by atoms with Crippen molar-refractivity contribution < 1.29 is 10.7 Å². The van der Waals surface area contributed by atoms with Gasteiger partial charge in [-0.25, -0.2) is 10.4 Å². The molecule has 156 valence electrons. The Morgan fingerprint density at radius 3 is 2.93 bits per heavy atom. The monoisotopic (exact) mass is 405 g/mol. The van der Waals surface area contributed by atoms with E-state index in [1.807, 2.05) is 54.6 Å². The molecule has 0 unspecified atom stereocenters. The van der Waals surface area contributed by atoms with Crippen LogP contribution in [0, 0.1) is 17.2 Å². The number of pyridine rings is 2. The Hall–Kier alpha value is -3.03. The van der Waals surface area contributed by atoms with E-state index in [1.54, 1.807) is 0 Å². The number of rotatable bonds is 8. The molecule has 2 aromatic heterocycles. The third kappa shape index (κ3) is 4.75. The highest BCUT2D eigenvalue weighted by atomic mass is 15.4. The molecule has 3 heterocycles. The van der Waals surface area contributed by atoms with Gasteiger partial charge in [-0.3, -0.25) is 10.3 Å². The first kappa shape index (κ1) is 20.3. The van der Waals surface area contributed by atoms with Gasteiger partial charge in [-0.05, 0) is 54.9 Å². The molecule has 1 aliphatic carbocycles. The lowest BCUT2D eigenvalue weighted by atomic mass is 9.99. The molecule has 1 aliphatic heterocycles. The number of quaternary nitrogens is 2. The molecule has 7 N–H and O–H groups in total. The minimum absolute atomic E-state index is 0.450. The second-order valence-corrected chi connectivity index (χ2v) is 8.33. The molecule has 7 nitrogen and oxygen atoms in total. The van der Waals surface area contributed by atoms with Gasteiger partial charge in [-0.2, -0.15) is 5.43 Å². The number of nitrogens with one attached hydrogen (secondary N) is 3. The number of hydrogen-bond acceptors (Lipinski definition) is 5. The summed E-state index contributed by atoms with van der Waals surface area (Å²) in [5.74, 6) is 2.88. The Labute approximate surface area is 177 Å². The molecule has 1 saturated carbocycles. The third-order valence-electron chi connectivity index (χ3n) is 5.45. The van der Waals surface area contributed by atoms with Gasteiger partial charge in [0, 0.05) is 23.5 Å². The van der Waals surface area contributed by atoms with Crippen molar-refractivity contribution in [3.05, 3.63) is 59.8 Å². The van der Waals surface area contributed by atoms with Gasteiger partial charge in [0.05, 0.1) is 29.9 Å². The van der Waals surface area contributed by atoms with Crippen molar-refractivity contribution >= 4 is 28.1 Å². The summed E-state index contributed by atoms with van der Waals surface area (Å²) in [6.45, 7) is 4.35. The van der Waals surface area contributed by atoms with Gasteiger partial charge in [-0.1, -0.05) is 13.8 Å². The van der Waals surface area contributed by atoms with Crippen LogP contribution in [0.25, 0.3) is 16.6 Å². The van der Waals surface area contributed by atoms with E-state index in [2.05, 4.69) is 35.7 Å². The van der Waals surface area contributed by atoms with Gasteiger partial charge in [0.1, 0.15) is 12.0 Å². The molecule has 2 aromatic rings. The highest BCUT2D eigenvalue weighted by molar-refractivity contribution is 6.22. The molecular weight excluding hydrogens is 374 g/mol. The van der Waals surface area contributed by atoms with Crippen molar-refractivity contribution in [2.75, 3.05) is 12.4 Å².